The number of aryl methyl sites for hydroxylation is 1. The molecule has 1 N–H and O–H groups in total. The maximum atomic E-state index is 10.7. The summed E-state index contributed by atoms with van der Waals surface area (Å²) in [6.45, 7) is 4.99. The number of rotatable bonds is 2. The van der Waals surface area contributed by atoms with Gasteiger partial charge >= 0.3 is 0 Å². The Labute approximate surface area is 94.9 Å². The van der Waals surface area contributed by atoms with Crippen LogP contribution in [-0.2, 0) is 12.1 Å². The smallest absolute Gasteiger partial charge is 0.118 e. The number of thioether (sulfide) groups is 1. The van der Waals surface area contributed by atoms with Crippen molar-refractivity contribution in [3.8, 4) is 0 Å². The second kappa shape index (κ2) is 4.18. The minimum atomic E-state index is -0.685. The van der Waals surface area contributed by atoms with Crippen LogP contribution < -0.4 is 0 Å². The fraction of sp³-hybridized carbons (Fsp3) is 0.727. The summed E-state index contributed by atoms with van der Waals surface area (Å²) >= 11 is 1.85. The fourth-order valence-corrected chi connectivity index (χ4v) is 3.41. The van der Waals surface area contributed by atoms with Gasteiger partial charge in [0.05, 0.1) is 5.69 Å². The summed E-state index contributed by atoms with van der Waals surface area (Å²) in [4.78, 5) is 0. The zero-order valence-corrected chi connectivity index (χ0v) is 10.1. The van der Waals surface area contributed by atoms with Crippen molar-refractivity contribution in [3.05, 3.63) is 18.0 Å². The SMILES string of the molecule is CCn1nccc1C1(O)CCCSC1C. The van der Waals surface area contributed by atoms with Gasteiger partial charge in [0.15, 0.2) is 0 Å². The van der Waals surface area contributed by atoms with Gasteiger partial charge in [0.25, 0.3) is 0 Å². The van der Waals surface area contributed by atoms with Crippen molar-refractivity contribution >= 4 is 11.8 Å². The van der Waals surface area contributed by atoms with E-state index in [1.807, 2.05) is 22.5 Å². The lowest BCUT2D eigenvalue weighted by Gasteiger charge is -2.37. The van der Waals surface area contributed by atoms with Gasteiger partial charge in [-0.05, 0) is 31.6 Å². The highest BCUT2D eigenvalue weighted by atomic mass is 32.2. The summed E-state index contributed by atoms with van der Waals surface area (Å²) in [5, 5.41) is 15.2. The van der Waals surface area contributed by atoms with Crippen LogP contribution in [0.4, 0.5) is 0 Å². The second-order valence-electron chi connectivity index (χ2n) is 4.07. The number of aliphatic hydroxyl groups is 1. The third-order valence-electron chi connectivity index (χ3n) is 3.20. The van der Waals surface area contributed by atoms with Crippen LogP contribution in [0.15, 0.2) is 12.3 Å². The zero-order valence-electron chi connectivity index (χ0n) is 9.31. The van der Waals surface area contributed by atoms with Gasteiger partial charge in [-0.3, -0.25) is 4.68 Å². The van der Waals surface area contributed by atoms with E-state index >= 15 is 0 Å². The molecule has 0 saturated carbocycles. The first-order valence-corrected chi connectivity index (χ1v) is 6.59. The lowest BCUT2D eigenvalue weighted by atomic mass is 9.90. The van der Waals surface area contributed by atoms with E-state index in [-0.39, 0.29) is 5.25 Å². The molecule has 4 heteroatoms. The average Bonchev–Trinajstić information content (AvgIpc) is 2.71. The molecule has 0 bridgehead atoms. The Balaban J connectivity index is 2.34. The predicted molar refractivity (Wildman–Crippen MR) is 63.0 cm³/mol. The fourth-order valence-electron chi connectivity index (χ4n) is 2.23. The van der Waals surface area contributed by atoms with Crippen LogP contribution in [0.5, 0.6) is 0 Å². The van der Waals surface area contributed by atoms with Gasteiger partial charge in [-0.2, -0.15) is 16.9 Å². The largest absolute Gasteiger partial charge is 0.382 e. The van der Waals surface area contributed by atoms with E-state index in [0.717, 1.165) is 30.8 Å². The van der Waals surface area contributed by atoms with E-state index in [9.17, 15) is 5.11 Å². The van der Waals surface area contributed by atoms with Crippen molar-refractivity contribution in [1.82, 2.24) is 9.78 Å². The molecule has 0 radical (unpaired) electrons. The third-order valence-corrected chi connectivity index (χ3v) is 4.62. The molecule has 1 aromatic rings. The molecular weight excluding hydrogens is 208 g/mol. The monoisotopic (exact) mass is 226 g/mol. The molecular formula is C11H18N2OS. The van der Waals surface area contributed by atoms with Gasteiger partial charge in [0.1, 0.15) is 5.60 Å². The summed E-state index contributed by atoms with van der Waals surface area (Å²) in [5.41, 5.74) is 0.291. The van der Waals surface area contributed by atoms with E-state index in [4.69, 9.17) is 0 Å². The molecule has 0 aromatic carbocycles. The lowest BCUT2D eigenvalue weighted by molar-refractivity contribution is 0.0167. The standard InChI is InChI=1S/C11H18N2OS/c1-3-13-10(5-7-12-13)11(14)6-4-8-15-9(11)2/h5,7,9,14H,3-4,6,8H2,1-2H3. The molecule has 84 valence electrons. The minimum Gasteiger partial charge on any atom is -0.382 e. The summed E-state index contributed by atoms with van der Waals surface area (Å²) in [7, 11) is 0. The molecule has 15 heavy (non-hydrogen) atoms. The molecule has 1 fully saturated rings. The topological polar surface area (TPSA) is 38.0 Å². The van der Waals surface area contributed by atoms with Gasteiger partial charge < -0.3 is 5.11 Å². The van der Waals surface area contributed by atoms with Crippen LogP contribution in [0, 0.1) is 0 Å². The Morgan fingerprint density at radius 3 is 3.20 bits per heavy atom. The van der Waals surface area contributed by atoms with Crippen molar-refractivity contribution < 1.29 is 5.11 Å². The van der Waals surface area contributed by atoms with Crippen LogP contribution in [0.25, 0.3) is 0 Å². The van der Waals surface area contributed by atoms with Crippen molar-refractivity contribution in [1.29, 1.82) is 0 Å². The minimum absolute atomic E-state index is 0.258. The molecule has 3 nitrogen and oxygen atoms in total. The predicted octanol–water partition coefficient (Wildman–Crippen LogP) is 2.01. The molecule has 1 aliphatic heterocycles. The molecule has 1 aliphatic rings. The first-order valence-electron chi connectivity index (χ1n) is 5.54. The molecule has 0 aliphatic carbocycles. The molecule has 2 heterocycles. The van der Waals surface area contributed by atoms with E-state index in [2.05, 4.69) is 18.9 Å². The van der Waals surface area contributed by atoms with Gasteiger partial charge in [-0.1, -0.05) is 6.92 Å². The van der Waals surface area contributed by atoms with E-state index in [0.29, 0.717) is 0 Å². The Bertz CT molecular complexity index is 339. The van der Waals surface area contributed by atoms with E-state index in [1.54, 1.807) is 6.20 Å². The normalized spacial score (nSPS) is 31.8. The molecule has 0 spiro atoms. The van der Waals surface area contributed by atoms with Crippen molar-refractivity contribution in [3.63, 3.8) is 0 Å². The maximum absolute atomic E-state index is 10.7. The van der Waals surface area contributed by atoms with Gasteiger partial charge in [-0.25, -0.2) is 0 Å². The van der Waals surface area contributed by atoms with E-state index in [1.165, 1.54) is 0 Å². The maximum Gasteiger partial charge on any atom is 0.118 e. The first-order chi connectivity index (χ1) is 7.18. The highest BCUT2D eigenvalue weighted by Crippen LogP contribution is 2.41. The number of hydrogen-bond acceptors (Lipinski definition) is 3. The Morgan fingerprint density at radius 1 is 1.73 bits per heavy atom. The van der Waals surface area contributed by atoms with Crippen molar-refractivity contribution in [2.24, 2.45) is 0 Å². The van der Waals surface area contributed by atoms with Crippen LogP contribution in [0.3, 0.4) is 0 Å². The first kappa shape index (κ1) is 11.0. The van der Waals surface area contributed by atoms with Crippen LogP contribution in [0.2, 0.25) is 0 Å². The number of aromatic nitrogens is 2. The van der Waals surface area contributed by atoms with Crippen molar-refractivity contribution in [2.75, 3.05) is 5.75 Å². The molecule has 1 saturated heterocycles. The van der Waals surface area contributed by atoms with Crippen LogP contribution in [-0.4, -0.2) is 25.9 Å². The van der Waals surface area contributed by atoms with Crippen molar-refractivity contribution in [2.45, 2.75) is 44.1 Å². The van der Waals surface area contributed by atoms with Gasteiger partial charge in [0, 0.05) is 18.0 Å². The highest BCUT2D eigenvalue weighted by molar-refractivity contribution is 8.00. The summed E-state index contributed by atoms with van der Waals surface area (Å²) in [5.74, 6) is 1.16. The zero-order chi connectivity index (χ0) is 10.9. The second-order valence-corrected chi connectivity index (χ2v) is 5.52. The molecule has 0 amide bonds. The average molecular weight is 226 g/mol. The number of nitrogens with zero attached hydrogens (tertiary/aromatic N) is 2. The van der Waals surface area contributed by atoms with Gasteiger partial charge in [-0.15, -0.1) is 0 Å². The number of hydrogen-bond donors (Lipinski definition) is 1. The Morgan fingerprint density at radius 2 is 2.53 bits per heavy atom. The molecule has 2 rings (SSSR count). The molecule has 2 unspecified atom stereocenters. The quantitative estimate of drug-likeness (QED) is 0.838. The third kappa shape index (κ3) is 1.81. The Hall–Kier alpha value is -0.480. The van der Waals surface area contributed by atoms with Crippen LogP contribution >= 0.6 is 11.8 Å². The summed E-state index contributed by atoms with van der Waals surface area (Å²) in [6.07, 6.45) is 3.72. The van der Waals surface area contributed by atoms with Crippen LogP contribution in [0.1, 0.15) is 32.4 Å². The summed E-state index contributed by atoms with van der Waals surface area (Å²) < 4.78 is 1.91. The van der Waals surface area contributed by atoms with Gasteiger partial charge in [0.2, 0.25) is 0 Å². The lowest BCUT2D eigenvalue weighted by Crippen LogP contribution is -2.40. The Kier molecular flexibility index (Phi) is 3.07. The molecule has 2 atom stereocenters. The highest BCUT2D eigenvalue weighted by Gasteiger charge is 2.40. The van der Waals surface area contributed by atoms with E-state index < -0.39 is 5.60 Å². The molecule has 1 aromatic heterocycles. The summed E-state index contributed by atoms with van der Waals surface area (Å²) in [6, 6.07) is 1.95.